The van der Waals surface area contributed by atoms with Crippen LogP contribution in [0.4, 0.5) is 0 Å². The second-order valence-electron chi connectivity index (χ2n) is 4.84. The maximum Gasteiger partial charge on any atom is 0.134 e. The molecule has 0 heterocycles. The molecule has 1 aliphatic carbocycles. The molecule has 16 heavy (non-hydrogen) atoms. The first-order valence-corrected chi connectivity index (χ1v) is 6.45. The van der Waals surface area contributed by atoms with Gasteiger partial charge in [0.15, 0.2) is 0 Å². The first kappa shape index (κ1) is 12.2. The Kier molecular flexibility index (Phi) is 3.21. The largest absolute Gasteiger partial charge is 0.489 e. The molecule has 1 aromatic carbocycles. The van der Waals surface area contributed by atoms with E-state index in [2.05, 4.69) is 29.8 Å². The lowest BCUT2D eigenvalue weighted by Gasteiger charge is -2.49. The zero-order valence-electron chi connectivity index (χ0n) is 9.34. The molecule has 0 aromatic heterocycles. The van der Waals surface area contributed by atoms with Gasteiger partial charge in [-0.05, 0) is 34.1 Å². The average molecular weight is 305 g/mol. The van der Waals surface area contributed by atoms with Crippen molar-refractivity contribution >= 4 is 27.5 Å². The smallest absolute Gasteiger partial charge is 0.134 e. The molecule has 1 saturated carbocycles. The van der Waals surface area contributed by atoms with Gasteiger partial charge in [0.05, 0.1) is 4.47 Å². The minimum atomic E-state index is 0.0408. The highest BCUT2D eigenvalue weighted by Gasteiger charge is 2.48. The molecule has 0 spiro atoms. The Labute approximate surface area is 109 Å². The molecule has 1 aromatic rings. The van der Waals surface area contributed by atoms with E-state index in [1.54, 1.807) is 0 Å². The molecule has 2 nitrogen and oxygen atoms in total. The van der Waals surface area contributed by atoms with Gasteiger partial charge in [0.2, 0.25) is 0 Å². The van der Waals surface area contributed by atoms with E-state index in [-0.39, 0.29) is 17.6 Å². The van der Waals surface area contributed by atoms with Crippen LogP contribution in [0.15, 0.2) is 22.7 Å². The lowest BCUT2D eigenvalue weighted by atomic mass is 9.65. The van der Waals surface area contributed by atoms with Gasteiger partial charge < -0.3 is 10.5 Å². The van der Waals surface area contributed by atoms with Crippen LogP contribution in [0.2, 0.25) is 5.02 Å². The van der Waals surface area contributed by atoms with E-state index >= 15 is 0 Å². The number of hydrogen-bond acceptors (Lipinski definition) is 2. The first-order valence-electron chi connectivity index (χ1n) is 5.28. The summed E-state index contributed by atoms with van der Waals surface area (Å²) in [4.78, 5) is 0. The third-order valence-corrected chi connectivity index (χ3v) is 4.27. The van der Waals surface area contributed by atoms with Crippen molar-refractivity contribution in [1.29, 1.82) is 0 Å². The van der Waals surface area contributed by atoms with E-state index in [9.17, 15) is 0 Å². The molecule has 2 atom stereocenters. The fourth-order valence-electron chi connectivity index (χ4n) is 1.84. The van der Waals surface area contributed by atoms with Crippen LogP contribution in [-0.2, 0) is 0 Å². The minimum absolute atomic E-state index is 0.0408. The van der Waals surface area contributed by atoms with Gasteiger partial charge in [-0.25, -0.2) is 0 Å². The van der Waals surface area contributed by atoms with Gasteiger partial charge in [-0.3, -0.25) is 0 Å². The zero-order valence-corrected chi connectivity index (χ0v) is 11.7. The van der Waals surface area contributed by atoms with E-state index in [4.69, 9.17) is 22.1 Å². The molecule has 1 aliphatic rings. The van der Waals surface area contributed by atoms with E-state index in [0.717, 1.165) is 16.6 Å². The van der Waals surface area contributed by atoms with Crippen LogP contribution in [0.3, 0.4) is 0 Å². The summed E-state index contributed by atoms with van der Waals surface area (Å²) in [6.45, 7) is 4.27. The second kappa shape index (κ2) is 4.21. The van der Waals surface area contributed by atoms with Crippen molar-refractivity contribution < 1.29 is 4.74 Å². The van der Waals surface area contributed by atoms with Crippen molar-refractivity contribution in [3.63, 3.8) is 0 Å². The standard InChI is InChI=1S/C12H15BrClNO/c1-12(2)10(15)6-11(12)16-9-4-3-7(14)5-8(9)13/h3-5,10-11H,6,15H2,1-2H3. The van der Waals surface area contributed by atoms with Crippen LogP contribution in [0, 0.1) is 5.41 Å². The van der Waals surface area contributed by atoms with E-state index in [0.29, 0.717) is 5.02 Å². The highest BCUT2D eigenvalue weighted by Crippen LogP contribution is 2.43. The van der Waals surface area contributed by atoms with E-state index in [1.807, 2.05) is 18.2 Å². The summed E-state index contributed by atoms with van der Waals surface area (Å²) < 4.78 is 6.82. The van der Waals surface area contributed by atoms with Crippen molar-refractivity contribution in [3.05, 3.63) is 27.7 Å². The summed E-state index contributed by atoms with van der Waals surface area (Å²) in [6.07, 6.45) is 1.09. The number of ether oxygens (including phenoxy) is 1. The van der Waals surface area contributed by atoms with Gasteiger partial charge in [0, 0.05) is 22.9 Å². The molecule has 0 saturated heterocycles. The summed E-state index contributed by atoms with van der Waals surface area (Å²) in [5.41, 5.74) is 5.99. The van der Waals surface area contributed by atoms with Gasteiger partial charge >= 0.3 is 0 Å². The fraction of sp³-hybridized carbons (Fsp3) is 0.500. The Morgan fingerprint density at radius 1 is 1.50 bits per heavy atom. The van der Waals surface area contributed by atoms with E-state index in [1.165, 1.54) is 0 Å². The fourth-order valence-corrected chi connectivity index (χ4v) is 2.62. The minimum Gasteiger partial charge on any atom is -0.489 e. The lowest BCUT2D eigenvalue weighted by Crippen LogP contribution is -2.60. The molecule has 0 amide bonds. The molecule has 2 N–H and O–H groups in total. The van der Waals surface area contributed by atoms with Gasteiger partial charge in [-0.1, -0.05) is 25.4 Å². The van der Waals surface area contributed by atoms with Crippen LogP contribution in [0.5, 0.6) is 5.75 Å². The summed E-state index contributed by atoms with van der Waals surface area (Å²) >= 11 is 9.32. The van der Waals surface area contributed by atoms with Crippen LogP contribution in [0.25, 0.3) is 0 Å². The second-order valence-corrected chi connectivity index (χ2v) is 6.14. The molecule has 2 unspecified atom stereocenters. The molecule has 0 aliphatic heterocycles. The lowest BCUT2D eigenvalue weighted by molar-refractivity contribution is -0.0403. The SMILES string of the molecule is CC1(C)C(N)CC1Oc1ccc(Cl)cc1Br. The predicted octanol–water partition coefficient (Wildman–Crippen LogP) is 3.61. The Hall–Kier alpha value is -0.250. The molecule has 1 fully saturated rings. The van der Waals surface area contributed by atoms with Crippen molar-refractivity contribution in [3.8, 4) is 5.75 Å². The number of hydrogen-bond donors (Lipinski definition) is 1. The Morgan fingerprint density at radius 3 is 2.69 bits per heavy atom. The predicted molar refractivity (Wildman–Crippen MR) is 69.9 cm³/mol. The van der Waals surface area contributed by atoms with Crippen molar-refractivity contribution in [2.24, 2.45) is 11.1 Å². The van der Waals surface area contributed by atoms with Crippen LogP contribution in [-0.4, -0.2) is 12.1 Å². The summed E-state index contributed by atoms with van der Waals surface area (Å²) in [6, 6.07) is 5.77. The molecular formula is C12H15BrClNO. The quantitative estimate of drug-likeness (QED) is 0.906. The molecule has 4 heteroatoms. The molecular weight excluding hydrogens is 289 g/mol. The maximum absolute atomic E-state index is 5.95. The third kappa shape index (κ3) is 2.08. The topological polar surface area (TPSA) is 35.2 Å². The monoisotopic (exact) mass is 303 g/mol. The van der Waals surface area contributed by atoms with E-state index < -0.39 is 0 Å². The number of rotatable bonds is 2. The van der Waals surface area contributed by atoms with Gasteiger partial charge in [-0.2, -0.15) is 0 Å². The normalized spacial score (nSPS) is 27.3. The molecule has 2 rings (SSSR count). The number of nitrogens with two attached hydrogens (primary N) is 1. The Balaban J connectivity index is 2.11. The van der Waals surface area contributed by atoms with Crippen LogP contribution >= 0.6 is 27.5 Å². The summed E-state index contributed by atoms with van der Waals surface area (Å²) in [5, 5.41) is 0.698. The van der Waals surface area contributed by atoms with Crippen LogP contribution in [0.1, 0.15) is 20.3 Å². The number of benzene rings is 1. The molecule has 0 bridgehead atoms. The van der Waals surface area contributed by atoms with Gasteiger partial charge in [0.1, 0.15) is 11.9 Å². The van der Waals surface area contributed by atoms with Crippen molar-refractivity contribution in [2.45, 2.75) is 32.4 Å². The average Bonchev–Trinajstić information content (AvgIpc) is 2.21. The molecule has 88 valence electrons. The summed E-state index contributed by atoms with van der Waals surface area (Å²) in [5.74, 6) is 0.828. The van der Waals surface area contributed by atoms with Gasteiger partial charge in [0.25, 0.3) is 0 Å². The highest BCUT2D eigenvalue weighted by molar-refractivity contribution is 9.10. The van der Waals surface area contributed by atoms with Crippen molar-refractivity contribution in [2.75, 3.05) is 0 Å². The highest BCUT2D eigenvalue weighted by atomic mass is 79.9. The zero-order chi connectivity index (χ0) is 11.9. The first-order chi connectivity index (χ1) is 7.41. The maximum atomic E-state index is 5.95. The van der Waals surface area contributed by atoms with Crippen LogP contribution < -0.4 is 10.5 Å². The molecule has 0 radical (unpaired) electrons. The van der Waals surface area contributed by atoms with Crippen molar-refractivity contribution in [1.82, 2.24) is 0 Å². The Bertz CT molecular complexity index is 408. The summed E-state index contributed by atoms with van der Waals surface area (Å²) in [7, 11) is 0. The number of halogens is 2. The Morgan fingerprint density at radius 2 is 2.19 bits per heavy atom. The third-order valence-electron chi connectivity index (χ3n) is 3.42. The van der Waals surface area contributed by atoms with Gasteiger partial charge in [-0.15, -0.1) is 0 Å².